The summed E-state index contributed by atoms with van der Waals surface area (Å²) in [5.41, 5.74) is -0.719. The average molecular weight is 307 g/mol. The molecule has 1 aromatic rings. The average Bonchev–Trinajstić information content (AvgIpc) is 2.51. The van der Waals surface area contributed by atoms with E-state index in [1.165, 1.54) is 4.90 Å². The Balaban J connectivity index is 2.33. The number of hydrogen-bond acceptors (Lipinski definition) is 2. The van der Waals surface area contributed by atoms with Gasteiger partial charge in [0.2, 0.25) is 11.8 Å². The molecule has 1 fully saturated rings. The molecule has 1 heterocycles. The van der Waals surface area contributed by atoms with Gasteiger partial charge in [-0.3, -0.25) is 9.59 Å². The summed E-state index contributed by atoms with van der Waals surface area (Å²) in [7, 11) is 0. The van der Waals surface area contributed by atoms with E-state index in [2.05, 4.69) is 5.32 Å². The number of rotatable bonds is 1. The lowest BCUT2D eigenvalue weighted by molar-refractivity contribution is -0.137. The van der Waals surface area contributed by atoms with Crippen molar-refractivity contribution in [3.05, 3.63) is 28.8 Å². The zero-order chi connectivity index (χ0) is 14.9. The molecule has 2 rings (SSSR count). The number of benzene rings is 1. The van der Waals surface area contributed by atoms with Gasteiger partial charge in [-0.05, 0) is 18.2 Å². The van der Waals surface area contributed by atoms with E-state index in [0.29, 0.717) is 0 Å². The molecule has 0 aromatic heterocycles. The van der Waals surface area contributed by atoms with Crippen molar-refractivity contribution in [3.8, 4) is 0 Å². The number of carbonyl (C=O) groups is 2. The molecule has 0 radical (unpaired) electrons. The minimum Gasteiger partial charge on any atom is -0.347 e. The smallest absolute Gasteiger partial charge is 0.347 e. The minimum absolute atomic E-state index is 0.0725. The Hall–Kier alpha value is -1.76. The van der Waals surface area contributed by atoms with Crippen molar-refractivity contribution < 1.29 is 22.8 Å². The summed E-state index contributed by atoms with van der Waals surface area (Å²) >= 11 is 5.82. The molecular weight excluding hydrogens is 297 g/mol. The Morgan fingerprint density at radius 1 is 1.25 bits per heavy atom. The molecule has 20 heavy (non-hydrogen) atoms. The summed E-state index contributed by atoms with van der Waals surface area (Å²) in [5, 5.41) is 2.22. The van der Waals surface area contributed by atoms with Gasteiger partial charge < -0.3 is 10.2 Å². The molecule has 2 amide bonds. The van der Waals surface area contributed by atoms with Crippen LogP contribution in [0.3, 0.4) is 0 Å². The highest BCUT2D eigenvalue weighted by Gasteiger charge is 2.32. The van der Waals surface area contributed by atoms with Crippen molar-refractivity contribution in [1.29, 1.82) is 0 Å². The van der Waals surface area contributed by atoms with Crippen LogP contribution in [0.1, 0.15) is 12.0 Å². The minimum atomic E-state index is -4.50. The third-order valence-corrected chi connectivity index (χ3v) is 3.17. The zero-order valence-corrected chi connectivity index (χ0v) is 10.9. The normalized spacial score (nSPS) is 16.9. The van der Waals surface area contributed by atoms with Crippen LogP contribution in [0.4, 0.5) is 18.9 Å². The van der Waals surface area contributed by atoms with E-state index in [1.54, 1.807) is 0 Å². The summed E-state index contributed by atoms with van der Waals surface area (Å²) in [6.45, 7) is -0.119. The van der Waals surface area contributed by atoms with Crippen LogP contribution in [0.25, 0.3) is 0 Å². The molecule has 1 aliphatic rings. The summed E-state index contributed by atoms with van der Waals surface area (Å²) in [5.74, 6) is -0.707. The first-order valence-corrected chi connectivity index (χ1v) is 6.10. The number of halogens is 4. The SMILES string of the molecule is O=C1CCN(c2ccc(C(F)(F)F)cc2Cl)C(=O)CN1. The lowest BCUT2D eigenvalue weighted by atomic mass is 10.2. The fourth-order valence-electron chi connectivity index (χ4n) is 1.85. The second-order valence-corrected chi connectivity index (χ2v) is 4.64. The third kappa shape index (κ3) is 3.04. The molecule has 4 nitrogen and oxygen atoms in total. The number of nitrogens with zero attached hydrogens (tertiary/aromatic N) is 1. The van der Waals surface area contributed by atoms with E-state index in [0.717, 1.165) is 18.2 Å². The maximum Gasteiger partial charge on any atom is 0.416 e. The molecular formula is C12H10ClF3N2O2. The van der Waals surface area contributed by atoms with Crippen molar-refractivity contribution in [1.82, 2.24) is 5.32 Å². The fraction of sp³-hybridized carbons (Fsp3) is 0.333. The molecule has 0 unspecified atom stereocenters. The summed E-state index contributed by atoms with van der Waals surface area (Å²) in [6.07, 6.45) is -4.43. The Labute approximate surface area is 117 Å². The number of carbonyl (C=O) groups excluding carboxylic acids is 2. The van der Waals surface area contributed by atoms with Crippen LogP contribution in [0.15, 0.2) is 18.2 Å². The van der Waals surface area contributed by atoms with E-state index in [4.69, 9.17) is 11.6 Å². The Bertz CT molecular complexity index is 560. The van der Waals surface area contributed by atoms with Crippen molar-refractivity contribution >= 4 is 29.1 Å². The number of amides is 2. The topological polar surface area (TPSA) is 49.4 Å². The Kier molecular flexibility index (Phi) is 3.89. The Morgan fingerprint density at radius 2 is 1.95 bits per heavy atom. The maximum absolute atomic E-state index is 12.5. The first-order chi connectivity index (χ1) is 9.29. The third-order valence-electron chi connectivity index (χ3n) is 2.87. The highest BCUT2D eigenvalue weighted by atomic mass is 35.5. The molecule has 0 spiro atoms. The van der Waals surface area contributed by atoms with Crippen LogP contribution in [0, 0.1) is 0 Å². The van der Waals surface area contributed by atoms with Gasteiger partial charge in [-0.25, -0.2) is 0 Å². The van der Waals surface area contributed by atoms with Crippen LogP contribution in [-0.4, -0.2) is 24.9 Å². The molecule has 8 heteroatoms. The predicted octanol–water partition coefficient (Wildman–Crippen LogP) is 2.21. The van der Waals surface area contributed by atoms with Gasteiger partial charge in [-0.15, -0.1) is 0 Å². The van der Waals surface area contributed by atoms with E-state index >= 15 is 0 Å². The van der Waals surface area contributed by atoms with Crippen LogP contribution < -0.4 is 10.2 Å². The Morgan fingerprint density at radius 3 is 2.55 bits per heavy atom. The maximum atomic E-state index is 12.5. The molecule has 1 aromatic carbocycles. The van der Waals surface area contributed by atoms with E-state index in [9.17, 15) is 22.8 Å². The highest BCUT2D eigenvalue weighted by molar-refractivity contribution is 6.34. The summed E-state index contributed by atoms with van der Waals surface area (Å²) in [4.78, 5) is 24.2. The van der Waals surface area contributed by atoms with Gasteiger partial charge in [-0.2, -0.15) is 13.2 Å². The number of alkyl halides is 3. The lowest BCUT2D eigenvalue weighted by Crippen LogP contribution is -2.35. The highest BCUT2D eigenvalue weighted by Crippen LogP contribution is 2.35. The van der Waals surface area contributed by atoms with Crippen LogP contribution >= 0.6 is 11.6 Å². The molecule has 0 bridgehead atoms. The van der Waals surface area contributed by atoms with Gasteiger partial charge in [-0.1, -0.05) is 11.6 Å². The van der Waals surface area contributed by atoms with Crippen molar-refractivity contribution in [2.24, 2.45) is 0 Å². The second kappa shape index (κ2) is 5.32. The zero-order valence-electron chi connectivity index (χ0n) is 10.1. The quantitative estimate of drug-likeness (QED) is 0.865. The van der Waals surface area contributed by atoms with Gasteiger partial charge in [0.15, 0.2) is 0 Å². The fourth-order valence-corrected chi connectivity index (χ4v) is 2.14. The first-order valence-electron chi connectivity index (χ1n) is 5.73. The van der Waals surface area contributed by atoms with E-state index in [-0.39, 0.29) is 36.1 Å². The summed E-state index contributed by atoms with van der Waals surface area (Å²) in [6, 6.07) is 2.76. The van der Waals surface area contributed by atoms with Crippen molar-refractivity contribution in [3.63, 3.8) is 0 Å². The van der Waals surface area contributed by atoms with Crippen LogP contribution in [0.2, 0.25) is 5.02 Å². The first kappa shape index (κ1) is 14.6. The molecule has 1 aliphatic heterocycles. The molecule has 0 atom stereocenters. The second-order valence-electron chi connectivity index (χ2n) is 4.24. The van der Waals surface area contributed by atoms with Gasteiger partial charge in [0.1, 0.15) is 0 Å². The molecule has 108 valence electrons. The predicted molar refractivity (Wildman–Crippen MR) is 66.4 cm³/mol. The number of hydrogen-bond donors (Lipinski definition) is 1. The van der Waals surface area contributed by atoms with E-state index < -0.39 is 17.6 Å². The van der Waals surface area contributed by atoms with Crippen LogP contribution in [0.5, 0.6) is 0 Å². The van der Waals surface area contributed by atoms with E-state index in [1.807, 2.05) is 0 Å². The molecule has 0 saturated carbocycles. The molecule has 1 saturated heterocycles. The number of anilines is 1. The number of nitrogens with one attached hydrogen (secondary N) is 1. The van der Waals surface area contributed by atoms with Crippen LogP contribution in [-0.2, 0) is 15.8 Å². The lowest BCUT2D eigenvalue weighted by Gasteiger charge is -2.21. The van der Waals surface area contributed by atoms with Crippen molar-refractivity contribution in [2.45, 2.75) is 12.6 Å². The molecule has 1 N–H and O–H groups in total. The largest absolute Gasteiger partial charge is 0.416 e. The van der Waals surface area contributed by atoms with Gasteiger partial charge in [0.25, 0.3) is 0 Å². The summed E-state index contributed by atoms with van der Waals surface area (Å²) < 4.78 is 37.6. The van der Waals surface area contributed by atoms with Gasteiger partial charge in [0, 0.05) is 13.0 Å². The monoisotopic (exact) mass is 306 g/mol. The van der Waals surface area contributed by atoms with Gasteiger partial charge >= 0.3 is 6.18 Å². The van der Waals surface area contributed by atoms with Gasteiger partial charge in [0.05, 0.1) is 22.8 Å². The molecule has 0 aliphatic carbocycles. The standard InChI is InChI=1S/C12H10ClF3N2O2/c13-8-5-7(12(14,15)16)1-2-9(8)18-4-3-10(19)17-6-11(18)20/h1-2,5H,3-4,6H2,(H,17,19). The van der Waals surface area contributed by atoms with Crippen molar-refractivity contribution in [2.75, 3.05) is 18.0 Å².